The monoisotopic (exact) mass is 375 g/mol. The Kier molecular flexibility index (Phi) is 6.14. The number of hydrogen-bond donors (Lipinski definition) is 1. The van der Waals surface area contributed by atoms with Crippen molar-refractivity contribution in [3.8, 4) is 0 Å². The molecule has 0 unspecified atom stereocenters. The minimum Gasteiger partial charge on any atom is -0.450 e. The first-order valence-electron chi connectivity index (χ1n) is 7.75. The first-order chi connectivity index (χ1) is 12.2. The van der Waals surface area contributed by atoms with E-state index in [9.17, 15) is 9.59 Å². The first-order valence-corrected chi connectivity index (χ1v) is 9.78. The first kappa shape index (κ1) is 17.6. The molecule has 0 aliphatic heterocycles. The molecule has 0 fully saturated rings. The molecule has 0 aliphatic carbocycles. The van der Waals surface area contributed by atoms with Crippen molar-refractivity contribution in [2.45, 2.75) is 5.75 Å². The Morgan fingerprint density at radius 2 is 2.08 bits per heavy atom. The molecule has 2 aromatic heterocycles. The fourth-order valence-electron chi connectivity index (χ4n) is 2.17. The average Bonchev–Trinajstić information content (AvgIpc) is 3.28. The third-order valence-electron chi connectivity index (χ3n) is 3.35. The van der Waals surface area contributed by atoms with E-state index in [4.69, 9.17) is 9.15 Å². The lowest BCUT2D eigenvalue weighted by molar-refractivity contribution is -0.124. The summed E-state index contributed by atoms with van der Waals surface area (Å²) in [7, 11) is 0. The lowest BCUT2D eigenvalue weighted by atomic mass is 10.2. The number of thiophene rings is 1. The van der Waals surface area contributed by atoms with Crippen LogP contribution in [0.25, 0.3) is 11.0 Å². The van der Waals surface area contributed by atoms with Crippen LogP contribution in [0.1, 0.15) is 15.4 Å². The molecule has 25 heavy (non-hydrogen) atoms. The number of hydrogen-bond acceptors (Lipinski definition) is 6. The van der Waals surface area contributed by atoms with Gasteiger partial charge < -0.3 is 14.5 Å². The molecule has 2 heterocycles. The molecule has 0 saturated carbocycles. The fraction of sp³-hybridized carbons (Fsp3) is 0.222. The second kappa shape index (κ2) is 8.73. The lowest BCUT2D eigenvalue weighted by Gasteiger charge is -2.05. The Bertz CT molecular complexity index is 809. The Balaban J connectivity index is 1.34. The molecule has 1 amide bonds. The quantitative estimate of drug-likeness (QED) is 0.480. The van der Waals surface area contributed by atoms with E-state index in [-0.39, 0.29) is 18.3 Å². The van der Waals surface area contributed by atoms with E-state index in [1.807, 2.05) is 29.6 Å². The second-order valence-corrected chi connectivity index (χ2v) is 7.34. The van der Waals surface area contributed by atoms with Crippen LogP contribution < -0.4 is 5.32 Å². The summed E-state index contributed by atoms with van der Waals surface area (Å²) < 4.78 is 10.4. The van der Waals surface area contributed by atoms with E-state index in [2.05, 4.69) is 11.4 Å². The molecule has 3 aromatic rings. The van der Waals surface area contributed by atoms with Crippen molar-refractivity contribution < 1.29 is 18.7 Å². The number of furan rings is 1. The van der Waals surface area contributed by atoms with Gasteiger partial charge in [0.15, 0.2) is 6.61 Å². The maximum Gasteiger partial charge on any atom is 0.374 e. The zero-order valence-corrected chi connectivity index (χ0v) is 15.0. The molecular weight excluding hydrogens is 358 g/mol. The topological polar surface area (TPSA) is 68.5 Å². The zero-order chi connectivity index (χ0) is 17.5. The predicted octanol–water partition coefficient (Wildman–Crippen LogP) is 3.70. The largest absolute Gasteiger partial charge is 0.450 e. The molecule has 0 bridgehead atoms. The number of ether oxygens (including phenoxy) is 1. The van der Waals surface area contributed by atoms with Crippen molar-refractivity contribution in [3.05, 3.63) is 58.5 Å². The van der Waals surface area contributed by atoms with Crippen molar-refractivity contribution in [2.24, 2.45) is 0 Å². The van der Waals surface area contributed by atoms with Crippen molar-refractivity contribution in [1.82, 2.24) is 5.32 Å². The normalized spacial score (nSPS) is 10.7. The van der Waals surface area contributed by atoms with Crippen LogP contribution in [0.15, 0.2) is 52.3 Å². The number of amides is 1. The number of esters is 1. The van der Waals surface area contributed by atoms with Crippen molar-refractivity contribution in [2.75, 3.05) is 18.9 Å². The molecule has 0 spiro atoms. The summed E-state index contributed by atoms with van der Waals surface area (Å²) in [5, 5.41) is 5.60. The van der Waals surface area contributed by atoms with Gasteiger partial charge in [-0.25, -0.2) is 4.79 Å². The molecule has 1 aromatic carbocycles. The molecular formula is C18H17NO4S2. The Labute approximate surface area is 153 Å². The highest BCUT2D eigenvalue weighted by molar-refractivity contribution is 7.98. The molecule has 0 saturated heterocycles. The maximum absolute atomic E-state index is 11.9. The molecule has 130 valence electrons. The second-order valence-electron chi connectivity index (χ2n) is 5.21. The van der Waals surface area contributed by atoms with Gasteiger partial charge >= 0.3 is 5.97 Å². The van der Waals surface area contributed by atoms with Gasteiger partial charge in [0.05, 0.1) is 0 Å². The van der Waals surface area contributed by atoms with E-state index >= 15 is 0 Å². The van der Waals surface area contributed by atoms with Crippen LogP contribution >= 0.6 is 23.1 Å². The van der Waals surface area contributed by atoms with Gasteiger partial charge in [0.1, 0.15) is 5.58 Å². The number of carbonyl (C=O) groups excluding carboxylic acids is 2. The van der Waals surface area contributed by atoms with Gasteiger partial charge in [-0.3, -0.25) is 4.79 Å². The molecule has 0 radical (unpaired) electrons. The van der Waals surface area contributed by atoms with Gasteiger partial charge in [0, 0.05) is 28.3 Å². The van der Waals surface area contributed by atoms with Gasteiger partial charge in [-0.2, -0.15) is 11.8 Å². The van der Waals surface area contributed by atoms with Crippen LogP contribution in [0.4, 0.5) is 0 Å². The summed E-state index contributed by atoms with van der Waals surface area (Å²) >= 11 is 3.47. The van der Waals surface area contributed by atoms with E-state index < -0.39 is 5.97 Å². The molecule has 5 nitrogen and oxygen atoms in total. The highest BCUT2D eigenvalue weighted by Gasteiger charge is 2.15. The van der Waals surface area contributed by atoms with Crippen LogP contribution in [-0.4, -0.2) is 30.8 Å². The maximum atomic E-state index is 11.9. The minimum absolute atomic E-state index is 0.0977. The molecule has 0 aliphatic rings. The Hall–Kier alpha value is -2.25. The van der Waals surface area contributed by atoms with E-state index in [1.54, 1.807) is 35.2 Å². The van der Waals surface area contributed by atoms with Gasteiger partial charge in [-0.1, -0.05) is 24.3 Å². The van der Waals surface area contributed by atoms with Gasteiger partial charge in [-0.05, 0) is 23.6 Å². The average molecular weight is 375 g/mol. The molecule has 3 rings (SSSR count). The summed E-state index contributed by atoms with van der Waals surface area (Å²) in [4.78, 5) is 25.0. The Morgan fingerprint density at radius 1 is 1.20 bits per heavy atom. The molecule has 1 N–H and O–H groups in total. The fourth-order valence-corrected chi connectivity index (χ4v) is 3.87. The van der Waals surface area contributed by atoms with E-state index in [1.165, 1.54) is 4.88 Å². The summed E-state index contributed by atoms with van der Waals surface area (Å²) in [6.45, 7) is 0.225. The zero-order valence-electron chi connectivity index (χ0n) is 13.4. The number of benzene rings is 1. The SMILES string of the molecule is O=C(COC(=O)c1cc2ccccc2o1)NCCSCc1cccs1. The number of fused-ring (bicyclic) bond motifs is 1. The van der Waals surface area contributed by atoms with E-state index in [0.29, 0.717) is 12.1 Å². The highest BCUT2D eigenvalue weighted by atomic mass is 32.2. The Morgan fingerprint density at radius 3 is 2.88 bits per heavy atom. The van der Waals surface area contributed by atoms with Crippen LogP contribution in [0.5, 0.6) is 0 Å². The standard InChI is InChI=1S/C18H17NO4S2/c20-17(19-7-9-24-12-14-5-3-8-25-14)11-22-18(21)16-10-13-4-1-2-6-15(13)23-16/h1-6,8,10H,7,9,11-12H2,(H,19,20). The summed E-state index contributed by atoms with van der Waals surface area (Å²) in [5.74, 6) is 0.885. The van der Waals surface area contributed by atoms with Gasteiger partial charge in [0.2, 0.25) is 5.76 Å². The number of thioether (sulfide) groups is 1. The number of rotatable bonds is 8. The third-order valence-corrected chi connectivity index (χ3v) is 5.42. The van der Waals surface area contributed by atoms with Crippen molar-refractivity contribution in [3.63, 3.8) is 0 Å². The summed E-state index contributed by atoms with van der Waals surface area (Å²) in [6.07, 6.45) is 0. The van der Waals surface area contributed by atoms with Crippen LogP contribution in [0.2, 0.25) is 0 Å². The van der Waals surface area contributed by atoms with Crippen molar-refractivity contribution in [1.29, 1.82) is 0 Å². The van der Waals surface area contributed by atoms with Crippen LogP contribution in [0.3, 0.4) is 0 Å². The predicted molar refractivity (Wildman–Crippen MR) is 100.0 cm³/mol. The van der Waals surface area contributed by atoms with Gasteiger partial charge in [-0.15, -0.1) is 11.3 Å². The van der Waals surface area contributed by atoms with E-state index in [0.717, 1.165) is 16.9 Å². The summed E-state index contributed by atoms with van der Waals surface area (Å²) in [5.41, 5.74) is 0.613. The van der Waals surface area contributed by atoms with Crippen molar-refractivity contribution >= 4 is 45.9 Å². The van der Waals surface area contributed by atoms with Crippen LogP contribution in [0, 0.1) is 0 Å². The van der Waals surface area contributed by atoms with Gasteiger partial charge in [0.25, 0.3) is 5.91 Å². The molecule has 0 atom stereocenters. The number of para-hydroxylation sites is 1. The number of carbonyl (C=O) groups is 2. The minimum atomic E-state index is -0.640. The third kappa shape index (κ3) is 5.11. The lowest BCUT2D eigenvalue weighted by Crippen LogP contribution is -2.30. The molecule has 7 heteroatoms. The highest BCUT2D eigenvalue weighted by Crippen LogP contribution is 2.19. The summed E-state index contributed by atoms with van der Waals surface area (Å²) in [6, 6.07) is 13.0. The number of nitrogens with one attached hydrogen (secondary N) is 1. The smallest absolute Gasteiger partial charge is 0.374 e. The van der Waals surface area contributed by atoms with Crippen LogP contribution in [-0.2, 0) is 15.3 Å².